The summed E-state index contributed by atoms with van der Waals surface area (Å²) in [5, 5.41) is 0. The summed E-state index contributed by atoms with van der Waals surface area (Å²) >= 11 is 3.24. The van der Waals surface area contributed by atoms with Crippen LogP contribution in [0, 0.1) is 11.8 Å². The number of amides is 1. The van der Waals surface area contributed by atoms with E-state index in [1.807, 2.05) is 0 Å². The van der Waals surface area contributed by atoms with E-state index in [0.29, 0.717) is 21.9 Å². The van der Waals surface area contributed by atoms with E-state index >= 15 is 0 Å². The molecule has 1 amide bonds. The van der Waals surface area contributed by atoms with Gasteiger partial charge in [0.2, 0.25) is 0 Å². The molecular weight excluding hydrogens is 336 g/mol. The molecule has 2 atom stereocenters. The molecule has 114 valence electrons. The SMILES string of the molecule is C[C@@H]1C[C@H](C)CN(C(=O)COC(=O)c2cncc(Br)c2)C1. The lowest BCUT2D eigenvalue weighted by atomic mass is 9.92. The van der Waals surface area contributed by atoms with E-state index in [0.717, 1.165) is 19.5 Å². The zero-order valence-electron chi connectivity index (χ0n) is 12.2. The number of aromatic nitrogens is 1. The third-order valence-corrected chi connectivity index (χ3v) is 3.92. The highest BCUT2D eigenvalue weighted by Gasteiger charge is 2.26. The van der Waals surface area contributed by atoms with Crippen LogP contribution in [0.15, 0.2) is 22.9 Å². The lowest BCUT2D eigenvalue weighted by molar-refractivity contribution is -0.137. The van der Waals surface area contributed by atoms with Gasteiger partial charge in [-0.2, -0.15) is 0 Å². The minimum atomic E-state index is -0.532. The van der Waals surface area contributed by atoms with E-state index in [9.17, 15) is 9.59 Å². The summed E-state index contributed by atoms with van der Waals surface area (Å²) in [6.07, 6.45) is 4.13. The number of hydrogen-bond acceptors (Lipinski definition) is 4. The van der Waals surface area contributed by atoms with Crippen LogP contribution in [0.1, 0.15) is 30.6 Å². The lowest BCUT2D eigenvalue weighted by Crippen LogP contribution is -2.44. The summed E-state index contributed by atoms with van der Waals surface area (Å²) in [4.78, 5) is 29.7. The van der Waals surface area contributed by atoms with Crippen LogP contribution in [0.4, 0.5) is 0 Å². The van der Waals surface area contributed by atoms with E-state index in [4.69, 9.17) is 4.74 Å². The number of piperidine rings is 1. The molecule has 0 radical (unpaired) electrons. The highest BCUT2D eigenvalue weighted by molar-refractivity contribution is 9.10. The zero-order valence-corrected chi connectivity index (χ0v) is 13.8. The second kappa shape index (κ2) is 7.02. The van der Waals surface area contributed by atoms with E-state index in [1.54, 1.807) is 17.2 Å². The molecule has 1 aromatic rings. The fraction of sp³-hybridized carbons (Fsp3) is 0.533. The maximum atomic E-state index is 12.1. The first-order valence-corrected chi connectivity index (χ1v) is 7.80. The van der Waals surface area contributed by atoms with Gasteiger partial charge in [0.05, 0.1) is 5.56 Å². The second-order valence-electron chi connectivity index (χ2n) is 5.71. The summed E-state index contributed by atoms with van der Waals surface area (Å²) in [6, 6.07) is 1.62. The van der Waals surface area contributed by atoms with Crippen molar-refractivity contribution < 1.29 is 14.3 Å². The number of halogens is 1. The predicted octanol–water partition coefficient (Wildman–Crippen LogP) is 2.51. The van der Waals surface area contributed by atoms with Crippen molar-refractivity contribution in [2.24, 2.45) is 11.8 Å². The first kappa shape index (κ1) is 15.9. The Kier molecular flexibility index (Phi) is 5.33. The zero-order chi connectivity index (χ0) is 15.4. The third kappa shape index (κ3) is 4.52. The molecule has 1 aromatic heterocycles. The lowest BCUT2D eigenvalue weighted by Gasteiger charge is -2.34. The minimum absolute atomic E-state index is 0.135. The predicted molar refractivity (Wildman–Crippen MR) is 81.7 cm³/mol. The topological polar surface area (TPSA) is 59.5 Å². The van der Waals surface area contributed by atoms with E-state index in [-0.39, 0.29) is 12.5 Å². The van der Waals surface area contributed by atoms with E-state index < -0.39 is 5.97 Å². The van der Waals surface area contributed by atoms with Crippen molar-refractivity contribution >= 4 is 27.8 Å². The Hall–Kier alpha value is -1.43. The molecule has 1 aliphatic heterocycles. The highest BCUT2D eigenvalue weighted by atomic mass is 79.9. The number of carbonyl (C=O) groups is 2. The fourth-order valence-electron chi connectivity index (χ4n) is 2.69. The Labute approximate surface area is 132 Å². The third-order valence-electron chi connectivity index (χ3n) is 3.49. The Morgan fingerprint density at radius 2 is 2.00 bits per heavy atom. The minimum Gasteiger partial charge on any atom is -0.452 e. The average molecular weight is 355 g/mol. The Bertz CT molecular complexity index is 525. The molecule has 0 N–H and O–H groups in total. The molecule has 1 aliphatic rings. The number of likely N-dealkylation sites (tertiary alicyclic amines) is 1. The molecule has 6 heteroatoms. The number of esters is 1. The largest absolute Gasteiger partial charge is 0.452 e. The maximum absolute atomic E-state index is 12.1. The van der Waals surface area contributed by atoms with Gasteiger partial charge in [-0.25, -0.2) is 4.79 Å². The molecule has 0 unspecified atom stereocenters. The Balaban J connectivity index is 1.87. The molecule has 1 saturated heterocycles. The summed E-state index contributed by atoms with van der Waals surface area (Å²) in [7, 11) is 0. The molecule has 2 heterocycles. The van der Waals surface area contributed by atoms with Crippen molar-refractivity contribution in [1.82, 2.24) is 9.88 Å². The molecule has 1 fully saturated rings. The molecule has 0 saturated carbocycles. The second-order valence-corrected chi connectivity index (χ2v) is 6.63. The van der Waals surface area contributed by atoms with Crippen LogP contribution < -0.4 is 0 Å². The molecule has 2 rings (SSSR count). The standard InChI is InChI=1S/C15H19BrN2O3/c1-10-3-11(2)8-18(7-10)14(19)9-21-15(20)12-4-13(16)6-17-5-12/h4-6,10-11H,3,7-9H2,1-2H3/t10-,11+. The van der Waals surface area contributed by atoms with Crippen LogP contribution >= 0.6 is 15.9 Å². The molecule has 0 bridgehead atoms. The molecule has 0 aliphatic carbocycles. The Morgan fingerprint density at radius 1 is 1.33 bits per heavy atom. The number of rotatable bonds is 3. The molecular formula is C15H19BrN2O3. The average Bonchev–Trinajstić information content (AvgIpc) is 2.43. The number of carbonyl (C=O) groups excluding carboxylic acids is 2. The van der Waals surface area contributed by atoms with Crippen LogP contribution in [0.5, 0.6) is 0 Å². The smallest absolute Gasteiger partial charge is 0.340 e. The van der Waals surface area contributed by atoms with Crippen LogP contribution in [0.2, 0.25) is 0 Å². The summed E-state index contributed by atoms with van der Waals surface area (Å²) in [5.41, 5.74) is 0.331. The quantitative estimate of drug-likeness (QED) is 0.782. The van der Waals surface area contributed by atoms with Crippen LogP contribution in [0.3, 0.4) is 0 Å². The van der Waals surface area contributed by atoms with Gasteiger partial charge in [0.25, 0.3) is 5.91 Å². The van der Waals surface area contributed by atoms with Crippen LogP contribution in [-0.2, 0) is 9.53 Å². The van der Waals surface area contributed by atoms with E-state index in [1.165, 1.54) is 6.20 Å². The van der Waals surface area contributed by atoms with Crippen molar-refractivity contribution in [2.75, 3.05) is 19.7 Å². The van der Waals surface area contributed by atoms with Gasteiger partial charge < -0.3 is 9.64 Å². The number of pyridine rings is 1. The van der Waals surface area contributed by atoms with Crippen molar-refractivity contribution in [3.8, 4) is 0 Å². The highest BCUT2D eigenvalue weighted by Crippen LogP contribution is 2.21. The van der Waals surface area contributed by atoms with Gasteiger partial charge in [0.1, 0.15) is 0 Å². The van der Waals surface area contributed by atoms with Crippen LogP contribution in [0.25, 0.3) is 0 Å². The summed E-state index contributed by atoms with van der Waals surface area (Å²) < 4.78 is 5.77. The van der Waals surface area contributed by atoms with Gasteiger partial charge in [-0.05, 0) is 40.3 Å². The molecule has 0 spiro atoms. The van der Waals surface area contributed by atoms with Crippen molar-refractivity contribution in [1.29, 1.82) is 0 Å². The van der Waals surface area contributed by atoms with Gasteiger partial charge >= 0.3 is 5.97 Å². The number of nitrogens with zero attached hydrogens (tertiary/aromatic N) is 2. The van der Waals surface area contributed by atoms with Crippen molar-refractivity contribution in [3.63, 3.8) is 0 Å². The first-order chi connectivity index (χ1) is 9.95. The van der Waals surface area contributed by atoms with Crippen LogP contribution in [-0.4, -0.2) is 41.5 Å². The molecule has 0 aromatic carbocycles. The number of hydrogen-bond donors (Lipinski definition) is 0. The maximum Gasteiger partial charge on any atom is 0.340 e. The fourth-order valence-corrected chi connectivity index (χ4v) is 3.06. The van der Waals surface area contributed by atoms with Gasteiger partial charge in [-0.15, -0.1) is 0 Å². The number of ether oxygens (including phenoxy) is 1. The van der Waals surface area contributed by atoms with E-state index in [2.05, 4.69) is 34.8 Å². The normalized spacial score (nSPS) is 22.0. The van der Waals surface area contributed by atoms with Crippen molar-refractivity contribution in [3.05, 3.63) is 28.5 Å². The van der Waals surface area contributed by atoms with Gasteiger partial charge in [-0.1, -0.05) is 13.8 Å². The van der Waals surface area contributed by atoms with Gasteiger partial charge in [-0.3, -0.25) is 9.78 Å². The molecule has 5 nitrogen and oxygen atoms in total. The van der Waals surface area contributed by atoms with Gasteiger partial charge in [0, 0.05) is 30.0 Å². The summed E-state index contributed by atoms with van der Waals surface area (Å²) in [6.45, 7) is 5.52. The monoisotopic (exact) mass is 354 g/mol. The first-order valence-electron chi connectivity index (χ1n) is 7.01. The summed E-state index contributed by atoms with van der Waals surface area (Å²) in [5.74, 6) is 0.310. The van der Waals surface area contributed by atoms with Crippen molar-refractivity contribution in [2.45, 2.75) is 20.3 Å². The molecule has 21 heavy (non-hydrogen) atoms. The van der Waals surface area contributed by atoms with Gasteiger partial charge in [0.15, 0.2) is 6.61 Å². The Morgan fingerprint density at radius 3 is 2.62 bits per heavy atom.